The topological polar surface area (TPSA) is 108 Å². The number of aromatic nitrogens is 1. The molecule has 0 fully saturated rings. The lowest BCUT2D eigenvalue weighted by Gasteiger charge is -2.02. The van der Waals surface area contributed by atoms with Crippen LogP contribution in [0.5, 0.6) is 0 Å². The molecule has 1 heterocycles. The van der Waals surface area contributed by atoms with E-state index < -0.39 is 24.5 Å². The first-order chi connectivity index (χ1) is 12.0. The van der Waals surface area contributed by atoms with E-state index in [0.29, 0.717) is 16.9 Å². The highest BCUT2D eigenvalue weighted by atomic mass is 16.5. The molecule has 1 amide bonds. The van der Waals surface area contributed by atoms with E-state index in [9.17, 15) is 14.4 Å². The molecule has 0 unspecified atom stereocenters. The lowest BCUT2D eigenvalue weighted by atomic mass is 10.1. The lowest BCUT2D eigenvalue weighted by molar-refractivity contribution is -0.142. The third kappa shape index (κ3) is 5.61. The Kier molecular flexibility index (Phi) is 6.05. The van der Waals surface area contributed by atoms with Crippen LogP contribution in [0.25, 0.3) is 6.08 Å². The molecule has 8 heteroatoms. The predicted molar refractivity (Wildman–Crippen MR) is 87.6 cm³/mol. The lowest BCUT2D eigenvalue weighted by Crippen LogP contribution is -2.20. The number of amides is 1. The third-order valence-corrected chi connectivity index (χ3v) is 2.98. The highest BCUT2D eigenvalue weighted by Gasteiger charge is 2.08. The summed E-state index contributed by atoms with van der Waals surface area (Å²) in [5.41, 5.74) is 1.09. The molecule has 1 N–H and O–H groups in total. The van der Waals surface area contributed by atoms with Crippen LogP contribution in [0.2, 0.25) is 0 Å². The van der Waals surface area contributed by atoms with Crippen molar-refractivity contribution in [3.05, 3.63) is 53.3 Å². The highest BCUT2D eigenvalue weighted by molar-refractivity contribution is 5.94. The van der Waals surface area contributed by atoms with E-state index >= 15 is 0 Å². The molecule has 1 aromatic carbocycles. The van der Waals surface area contributed by atoms with Crippen LogP contribution in [0.4, 0.5) is 5.82 Å². The molecule has 0 atom stereocenters. The van der Waals surface area contributed by atoms with E-state index in [2.05, 4.69) is 15.2 Å². The van der Waals surface area contributed by atoms with Crippen molar-refractivity contribution in [2.75, 3.05) is 19.0 Å². The van der Waals surface area contributed by atoms with Crippen molar-refractivity contribution in [3.63, 3.8) is 0 Å². The quantitative estimate of drug-likeness (QED) is 0.630. The van der Waals surface area contributed by atoms with E-state index in [1.165, 1.54) is 25.3 Å². The van der Waals surface area contributed by atoms with Gasteiger partial charge in [0, 0.05) is 12.1 Å². The first-order valence-corrected chi connectivity index (χ1v) is 7.24. The van der Waals surface area contributed by atoms with Gasteiger partial charge in [-0.2, -0.15) is 0 Å². The van der Waals surface area contributed by atoms with Crippen LogP contribution < -0.4 is 5.32 Å². The minimum absolute atomic E-state index is 0.250. The summed E-state index contributed by atoms with van der Waals surface area (Å²) in [6.07, 6.45) is 2.68. The summed E-state index contributed by atoms with van der Waals surface area (Å²) in [6, 6.07) is 7.98. The minimum Gasteiger partial charge on any atom is -0.465 e. The molecule has 2 rings (SSSR count). The fourth-order valence-corrected chi connectivity index (χ4v) is 1.80. The number of nitrogens with zero attached hydrogens (tertiary/aromatic N) is 1. The first kappa shape index (κ1) is 17.9. The van der Waals surface area contributed by atoms with Crippen LogP contribution in [-0.4, -0.2) is 36.7 Å². The molecule has 1 aromatic heterocycles. The maximum atomic E-state index is 11.6. The Morgan fingerprint density at radius 1 is 1.24 bits per heavy atom. The van der Waals surface area contributed by atoms with Crippen LogP contribution >= 0.6 is 0 Å². The summed E-state index contributed by atoms with van der Waals surface area (Å²) < 4.78 is 14.2. The zero-order valence-corrected chi connectivity index (χ0v) is 13.6. The summed E-state index contributed by atoms with van der Waals surface area (Å²) in [6.45, 7) is 1.24. The molecule has 0 aliphatic rings. The van der Waals surface area contributed by atoms with Crippen molar-refractivity contribution in [2.24, 2.45) is 0 Å². The molecular formula is C17H16N2O6. The Bertz CT molecular complexity index is 792. The van der Waals surface area contributed by atoms with Gasteiger partial charge in [0.05, 0.1) is 12.7 Å². The first-order valence-electron chi connectivity index (χ1n) is 7.24. The van der Waals surface area contributed by atoms with E-state index in [1.54, 1.807) is 31.2 Å². The van der Waals surface area contributed by atoms with Crippen LogP contribution in [0.15, 0.2) is 40.9 Å². The van der Waals surface area contributed by atoms with Crippen LogP contribution in [-0.2, 0) is 19.1 Å². The van der Waals surface area contributed by atoms with Crippen molar-refractivity contribution in [1.82, 2.24) is 5.16 Å². The number of benzene rings is 1. The number of ether oxygens (including phenoxy) is 2. The molecule has 0 radical (unpaired) electrons. The molecule has 0 aliphatic carbocycles. The molecular weight excluding hydrogens is 328 g/mol. The van der Waals surface area contributed by atoms with Crippen LogP contribution in [0, 0.1) is 6.92 Å². The maximum Gasteiger partial charge on any atom is 0.337 e. The van der Waals surface area contributed by atoms with Crippen molar-refractivity contribution in [1.29, 1.82) is 0 Å². The van der Waals surface area contributed by atoms with Gasteiger partial charge in [0.25, 0.3) is 5.91 Å². The SMILES string of the molecule is COC(=O)c1ccc(/C=C/C(=O)OCC(=O)Nc2cc(C)on2)cc1. The molecule has 0 bridgehead atoms. The monoisotopic (exact) mass is 344 g/mol. The largest absolute Gasteiger partial charge is 0.465 e. The number of anilines is 1. The fraction of sp³-hybridized carbons (Fsp3) is 0.176. The highest BCUT2D eigenvalue weighted by Crippen LogP contribution is 2.08. The van der Waals surface area contributed by atoms with Gasteiger partial charge in [0.1, 0.15) is 5.76 Å². The zero-order valence-electron chi connectivity index (χ0n) is 13.6. The average molecular weight is 344 g/mol. The van der Waals surface area contributed by atoms with Gasteiger partial charge >= 0.3 is 11.9 Å². The summed E-state index contributed by atoms with van der Waals surface area (Å²) in [7, 11) is 1.30. The van der Waals surface area contributed by atoms with Gasteiger partial charge in [0.2, 0.25) is 0 Å². The van der Waals surface area contributed by atoms with Gasteiger partial charge in [-0.05, 0) is 30.7 Å². The fourth-order valence-electron chi connectivity index (χ4n) is 1.80. The smallest absolute Gasteiger partial charge is 0.337 e. The molecule has 0 saturated carbocycles. The summed E-state index contributed by atoms with van der Waals surface area (Å²) in [5.74, 6) is -0.850. The van der Waals surface area contributed by atoms with Gasteiger partial charge in [-0.25, -0.2) is 9.59 Å². The van der Waals surface area contributed by atoms with E-state index in [0.717, 1.165) is 0 Å². The normalized spacial score (nSPS) is 10.5. The van der Waals surface area contributed by atoms with E-state index in [1.807, 2.05) is 0 Å². The zero-order chi connectivity index (χ0) is 18.2. The maximum absolute atomic E-state index is 11.6. The van der Waals surface area contributed by atoms with Gasteiger partial charge in [0.15, 0.2) is 12.4 Å². The van der Waals surface area contributed by atoms with Gasteiger partial charge in [-0.3, -0.25) is 4.79 Å². The molecule has 25 heavy (non-hydrogen) atoms. The Hall–Kier alpha value is -3.42. The van der Waals surface area contributed by atoms with Gasteiger partial charge < -0.3 is 19.3 Å². The van der Waals surface area contributed by atoms with Gasteiger partial charge in [-0.1, -0.05) is 17.3 Å². The van der Waals surface area contributed by atoms with Crippen molar-refractivity contribution >= 4 is 29.7 Å². The molecule has 0 saturated heterocycles. The predicted octanol–water partition coefficient (Wildman–Crippen LogP) is 1.96. The molecule has 0 aliphatic heterocycles. The standard InChI is InChI=1S/C17H16N2O6/c1-11-9-14(19-25-11)18-15(20)10-24-16(21)8-5-12-3-6-13(7-4-12)17(22)23-2/h3-9H,10H2,1-2H3,(H,18,19,20)/b8-5+. The van der Waals surface area contributed by atoms with Crippen molar-refractivity contribution in [2.45, 2.75) is 6.92 Å². The molecule has 8 nitrogen and oxygen atoms in total. The molecule has 0 spiro atoms. The second-order valence-corrected chi connectivity index (χ2v) is 4.93. The number of hydrogen-bond donors (Lipinski definition) is 1. The number of nitrogens with one attached hydrogen (secondary N) is 1. The molecule has 2 aromatic rings. The summed E-state index contributed by atoms with van der Waals surface area (Å²) >= 11 is 0. The summed E-state index contributed by atoms with van der Waals surface area (Å²) in [5, 5.41) is 6.02. The van der Waals surface area contributed by atoms with E-state index in [-0.39, 0.29) is 5.82 Å². The number of hydrogen-bond acceptors (Lipinski definition) is 7. The Morgan fingerprint density at radius 2 is 1.96 bits per heavy atom. The van der Waals surface area contributed by atoms with Crippen LogP contribution in [0.3, 0.4) is 0 Å². The van der Waals surface area contributed by atoms with E-state index in [4.69, 9.17) is 9.26 Å². The summed E-state index contributed by atoms with van der Waals surface area (Å²) in [4.78, 5) is 34.5. The number of rotatable bonds is 6. The number of aryl methyl sites for hydroxylation is 1. The Balaban J connectivity index is 1.80. The second-order valence-electron chi connectivity index (χ2n) is 4.93. The van der Waals surface area contributed by atoms with Crippen LogP contribution in [0.1, 0.15) is 21.7 Å². The van der Waals surface area contributed by atoms with Gasteiger partial charge in [-0.15, -0.1) is 0 Å². The van der Waals surface area contributed by atoms with Crippen molar-refractivity contribution < 1.29 is 28.4 Å². The Morgan fingerprint density at radius 3 is 2.56 bits per heavy atom. The number of esters is 2. The average Bonchev–Trinajstić information content (AvgIpc) is 3.02. The minimum atomic E-state index is -0.677. The molecule has 130 valence electrons. The number of carbonyl (C=O) groups excluding carboxylic acids is 3. The Labute approximate surface area is 143 Å². The number of carbonyl (C=O) groups is 3. The third-order valence-electron chi connectivity index (χ3n) is 2.98. The second kappa shape index (κ2) is 8.44. The van der Waals surface area contributed by atoms with Crippen molar-refractivity contribution in [3.8, 4) is 0 Å². The number of methoxy groups -OCH3 is 1.